The maximum Gasteiger partial charge on any atom is 0.194 e. The van der Waals surface area contributed by atoms with E-state index in [1.807, 2.05) is 0 Å². The molecule has 0 aliphatic rings. The van der Waals surface area contributed by atoms with Crippen LogP contribution in [0.15, 0.2) is 36.4 Å². The highest BCUT2D eigenvalue weighted by Gasteiger charge is 2.23. The first-order valence-electron chi connectivity index (χ1n) is 6.17. The van der Waals surface area contributed by atoms with Crippen molar-refractivity contribution in [3.05, 3.63) is 70.8 Å². The molecule has 2 aromatic carbocycles. The second-order valence-electron chi connectivity index (χ2n) is 4.28. The van der Waals surface area contributed by atoms with Crippen molar-refractivity contribution in [1.29, 1.82) is 0 Å². The quantitative estimate of drug-likeness (QED) is 0.662. The number of hydrogen-bond acceptors (Lipinski definition) is 1. The van der Waals surface area contributed by atoms with Crippen LogP contribution in [0.5, 0.6) is 0 Å². The topological polar surface area (TPSA) is 12.0 Å². The zero-order valence-electron chi connectivity index (χ0n) is 10.8. The Balaban J connectivity index is 2.55. The third-order valence-electron chi connectivity index (χ3n) is 3.00. The predicted octanol–water partition coefficient (Wildman–Crippen LogP) is 3.94. The molecule has 0 fully saturated rings. The molecule has 106 valence electrons. The van der Waals surface area contributed by atoms with Gasteiger partial charge in [0.1, 0.15) is 5.82 Å². The third kappa shape index (κ3) is 2.67. The highest BCUT2D eigenvalue weighted by atomic mass is 19.2. The van der Waals surface area contributed by atoms with Crippen molar-refractivity contribution >= 4 is 0 Å². The molecular formula is C15H13F4N. The Kier molecular flexibility index (Phi) is 4.39. The Morgan fingerprint density at radius 3 is 2.20 bits per heavy atom. The fourth-order valence-corrected chi connectivity index (χ4v) is 2.06. The predicted molar refractivity (Wildman–Crippen MR) is 68.2 cm³/mol. The largest absolute Gasteiger partial charge is 0.306 e. The minimum atomic E-state index is -1.55. The molecule has 0 aliphatic heterocycles. The summed E-state index contributed by atoms with van der Waals surface area (Å²) in [4.78, 5) is 0. The summed E-state index contributed by atoms with van der Waals surface area (Å²) in [6, 6.07) is 6.88. The molecule has 1 N–H and O–H groups in total. The van der Waals surface area contributed by atoms with Crippen LogP contribution in [0.1, 0.15) is 24.1 Å². The number of hydrogen-bond donors (Lipinski definition) is 1. The molecule has 0 aromatic heterocycles. The molecular weight excluding hydrogens is 270 g/mol. The summed E-state index contributed by atoms with van der Waals surface area (Å²) in [5, 5.41) is 2.87. The molecule has 1 nitrogen and oxygen atoms in total. The van der Waals surface area contributed by atoms with Gasteiger partial charge in [-0.05, 0) is 18.7 Å². The second-order valence-corrected chi connectivity index (χ2v) is 4.28. The van der Waals surface area contributed by atoms with Gasteiger partial charge in [0.25, 0.3) is 0 Å². The molecule has 2 aromatic rings. The van der Waals surface area contributed by atoms with E-state index in [9.17, 15) is 17.6 Å². The summed E-state index contributed by atoms with van der Waals surface area (Å²) in [5.74, 6) is -4.67. The summed E-state index contributed by atoms with van der Waals surface area (Å²) >= 11 is 0. The first-order valence-corrected chi connectivity index (χ1v) is 6.17. The monoisotopic (exact) mass is 283 g/mol. The molecule has 0 bridgehead atoms. The third-order valence-corrected chi connectivity index (χ3v) is 3.00. The van der Waals surface area contributed by atoms with Gasteiger partial charge in [-0.1, -0.05) is 31.2 Å². The van der Waals surface area contributed by atoms with Gasteiger partial charge < -0.3 is 5.32 Å². The van der Waals surface area contributed by atoms with Gasteiger partial charge in [0, 0.05) is 11.1 Å². The Bertz CT molecular complexity index is 613. The van der Waals surface area contributed by atoms with Crippen LogP contribution in [-0.2, 0) is 0 Å². The van der Waals surface area contributed by atoms with E-state index in [1.165, 1.54) is 18.2 Å². The molecule has 5 heteroatoms. The molecule has 0 spiro atoms. The van der Waals surface area contributed by atoms with E-state index in [2.05, 4.69) is 5.32 Å². The van der Waals surface area contributed by atoms with E-state index in [4.69, 9.17) is 0 Å². The lowest BCUT2D eigenvalue weighted by Crippen LogP contribution is -2.24. The Morgan fingerprint density at radius 2 is 1.55 bits per heavy atom. The minimum Gasteiger partial charge on any atom is -0.306 e. The van der Waals surface area contributed by atoms with Crippen molar-refractivity contribution in [3.8, 4) is 0 Å². The number of halogens is 4. The van der Waals surface area contributed by atoms with Crippen LogP contribution in [-0.4, -0.2) is 6.54 Å². The standard InChI is InChI=1S/C15H13F4N/c1-2-20-15(9-5-3-4-6-11(9)16)10-7-8-12(17)14(19)13(10)18/h3-8,15,20H,2H2,1H3. The normalized spacial score (nSPS) is 12.4. The van der Waals surface area contributed by atoms with Crippen molar-refractivity contribution in [2.24, 2.45) is 0 Å². The molecule has 2 rings (SSSR count). The van der Waals surface area contributed by atoms with Crippen LogP contribution in [0.3, 0.4) is 0 Å². The van der Waals surface area contributed by atoms with Gasteiger partial charge in [0.2, 0.25) is 0 Å². The molecule has 0 heterocycles. The van der Waals surface area contributed by atoms with Gasteiger partial charge in [0.05, 0.1) is 6.04 Å². The lowest BCUT2D eigenvalue weighted by molar-refractivity contribution is 0.431. The van der Waals surface area contributed by atoms with E-state index >= 15 is 0 Å². The Labute approximate surface area is 114 Å². The van der Waals surface area contributed by atoms with Crippen molar-refractivity contribution < 1.29 is 17.6 Å². The summed E-state index contributed by atoms with van der Waals surface area (Å²) in [7, 11) is 0. The van der Waals surface area contributed by atoms with Crippen molar-refractivity contribution in [3.63, 3.8) is 0 Å². The average Bonchev–Trinajstić information content (AvgIpc) is 2.44. The maximum atomic E-state index is 13.9. The van der Waals surface area contributed by atoms with Crippen LogP contribution in [0.4, 0.5) is 17.6 Å². The number of nitrogens with one attached hydrogen (secondary N) is 1. The van der Waals surface area contributed by atoms with Gasteiger partial charge in [-0.15, -0.1) is 0 Å². The van der Waals surface area contributed by atoms with Crippen LogP contribution in [0, 0.1) is 23.3 Å². The zero-order chi connectivity index (χ0) is 14.7. The maximum absolute atomic E-state index is 13.9. The molecule has 0 saturated heterocycles. The van der Waals surface area contributed by atoms with Gasteiger partial charge in [-0.3, -0.25) is 0 Å². The number of benzene rings is 2. The molecule has 1 unspecified atom stereocenters. The summed E-state index contributed by atoms with van der Waals surface area (Å²) < 4.78 is 54.0. The van der Waals surface area contributed by atoms with E-state index < -0.39 is 29.3 Å². The molecule has 0 amide bonds. The van der Waals surface area contributed by atoms with E-state index in [0.29, 0.717) is 6.54 Å². The van der Waals surface area contributed by atoms with Crippen molar-refractivity contribution in [1.82, 2.24) is 5.32 Å². The van der Waals surface area contributed by atoms with Crippen LogP contribution >= 0.6 is 0 Å². The van der Waals surface area contributed by atoms with Gasteiger partial charge >= 0.3 is 0 Å². The SMILES string of the molecule is CCNC(c1ccccc1F)c1ccc(F)c(F)c1F. The van der Waals surface area contributed by atoms with E-state index in [1.54, 1.807) is 13.0 Å². The first-order chi connectivity index (χ1) is 9.56. The van der Waals surface area contributed by atoms with E-state index in [0.717, 1.165) is 12.1 Å². The summed E-state index contributed by atoms with van der Waals surface area (Å²) in [6.45, 7) is 2.17. The fourth-order valence-electron chi connectivity index (χ4n) is 2.06. The molecule has 1 atom stereocenters. The summed E-state index contributed by atoms with van der Waals surface area (Å²) in [5.41, 5.74) is 0.0510. The van der Waals surface area contributed by atoms with Crippen LogP contribution in [0.2, 0.25) is 0 Å². The number of rotatable bonds is 4. The summed E-state index contributed by atoms with van der Waals surface area (Å²) in [6.07, 6.45) is 0. The second kappa shape index (κ2) is 6.05. The van der Waals surface area contributed by atoms with E-state index in [-0.39, 0.29) is 11.1 Å². The van der Waals surface area contributed by atoms with Gasteiger partial charge in [-0.25, -0.2) is 17.6 Å². The van der Waals surface area contributed by atoms with Gasteiger partial charge in [-0.2, -0.15) is 0 Å². The van der Waals surface area contributed by atoms with Crippen molar-refractivity contribution in [2.75, 3.05) is 6.54 Å². The highest BCUT2D eigenvalue weighted by molar-refractivity contribution is 5.34. The smallest absolute Gasteiger partial charge is 0.194 e. The Hall–Kier alpha value is -1.88. The average molecular weight is 283 g/mol. The lowest BCUT2D eigenvalue weighted by Gasteiger charge is -2.20. The Morgan fingerprint density at radius 1 is 0.850 bits per heavy atom. The minimum absolute atomic E-state index is 0.129. The fraction of sp³-hybridized carbons (Fsp3) is 0.200. The molecule has 0 saturated carbocycles. The van der Waals surface area contributed by atoms with Crippen molar-refractivity contribution in [2.45, 2.75) is 13.0 Å². The van der Waals surface area contributed by atoms with Crippen LogP contribution < -0.4 is 5.32 Å². The highest BCUT2D eigenvalue weighted by Crippen LogP contribution is 2.28. The molecule has 20 heavy (non-hydrogen) atoms. The molecule has 0 aliphatic carbocycles. The van der Waals surface area contributed by atoms with Gasteiger partial charge in [0.15, 0.2) is 17.5 Å². The molecule has 0 radical (unpaired) electrons. The zero-order valence-corrected chi connectivity index (χ0v) is 10.8. The van der Waals surface area contributed by atoms with Crippen LogP contribution in [0.25, 0.3) is 0 Å². The first kappa shape index (κ1) is 14.5. The lowest BCUT2D eigenvalue weighted by atomic mass is 9.97.